The molecule has 1 aliphatic heterocycles. The molecular weight excluding hydrogens is 218 g/mol. The lowest BCUT2D eigenvalue weighted by Crippen LogP contribution is -2.47. The fourth-order valence-corrected chi connectivity index (χ4v) is 3.16. The van der Waals surface area contributed by atoms with E-state index in [0.29, 0.717) is 5.92 Å². The molecule has 90 valence electrons. The first-order valence-electron chi connectivity index (χ1n) is 5.95. The van der Waals surface area contributed by atoms with Gasteiger partial charge in [-0.2, -0.15) is 0 Å². The number of hydrogen-bond donors (Lipinski definition) is 1. The molecule has 0 saturated carbocycles. The summed E-state index contributed by atoms with van der Waals surface area (Å²) in [5.74, 6) is 0.678. The first-order chi connectivity index (χ1) is 7.54. The highest BCUT2D eigenvalue weighted by Gasteiger charge is 2.24. The molecule has 2 N–H and O–H groups in total. The van der Waals surface area contributed by atoms with Gasteiger partial charge in [0.25, 0.3) is 0 Å². The van der Waals surface area contributed by atoms with Gasteiger partial charge in [-0.1, -0.05) is 0 Å². The highest BCUT2D eigenvalue weighted by Crippen LogP contribution is 2.29. The summed E-state index contributed by atoms with van der Waals surface area (Å²) in [4.78, 5) is 6.89. The van der Waals surface area contributed by atoms with Crippen molar-refractivity contribution in [3.63, 3.8) is 0 Å². The summed E-state index contributed by atoms with van der Waals surface area (Å²) >= 11 is 1.79. The van der Waals surface area contributed by atoms with E-state index in [1.165, 1.54) is 17.8 Å². The Morgan fingerprint density at radius 1 is 1.50 bits per heavy atom. The van der Waals surface area contributed by atoms with Gasteiger partial charge in [0, 0.05) is 29.6 Å². The summed E-state index contributed by atoms with van der Waals surface area (Å²) in [6, 6.07) is 0. The second-order valence-electron chi connectivity index (χ2n) is 5.41. The maximum absolute atomic E-state index is 6.04. The molecule has 2 rings (SSSR count). The molecule has 1 aromatic heterocycles. The zero-order valence-electron chi connectivity index (χ0n) is 10.1. The van der Waals surface area contributed by atoms with Crippen molar-refractivity contribution >= 4 is 11.3 Å². The minimum Gasteiger partial charge on any atom is -0.324 e. The Kier molecular flexibility index (Phi) is 3.62. The van der Waals surface area contributed by atoms with Crippen LogP contribution in [0.3, 0.4) is 0 Å². The maximum Gasteiger partial charge on any atom is 0.0956 e. The van der Waals surface area contributed by atoms with Crippen molar-refractivity contribution in [2.24, 2.45) is 5.73 Å². The van der Waals surface area contributed by atoms with Crippen LogP contribution in [0.4, 0.5) is 0 Å². The molecule has 0 bridgehead atoms. The minimum atomic E-state index is -0.0754. The van der Waals surface area contributed by atoms with Crippen molar-refractivity contribution in [2.45, 2.75) is 38.1 Å². The van der Waals surface area contributed by atoms with E-state index < -0.39 is 0 Å². The van der Waals surface area contributed by atoms with E-state index in [2.05, 4.69) is 29.1 Å². The molecule has 1 saturated heterocycles. The van der Waals surface area contributed by atoms with E-state index in [1.807, 2.05) is 6.20 Å². The van der Waals surface area contributed by atoms with Crippen molar-refractivity contribution in [1.82, 2.24) is 9.88 Å². The third-order valence-corrected chi connectivity index (χ3v) is 3.96. The molecule has 2 heterocycles. The van der Waals surface area contributed by atoms with Gasteiger partial charge in [0.1, 0.15) is 0 Å². The Balaban J connectivity index is 1.83. The number of hydrogen-bond acceptors (Lipinski definition) is 4. The third-order valence-electron chi connectivity index (χ3n) is 3.02. The van der Waals surface area contributed by atoms with Crippen LogP contribution in [0.2, 0.25) is 0 Å². The summed E-state index contributed by atoms with van der Waals surface area (Å²) in [5, 5.41) is 3.39. The number of piperidine rings is 1. The van der Waals surface area contributed by atoms with E-state index >= 15 is 0 Å². The average molecular weight is 239 g/mol. The minimum absolute atomic E-state index is 0.0754. The SMILES string of the molecule is CC(C)(N)CN1CCC(c2nccs2)CC1. The standard InChI is InChI=1S/C12H21N3S/c1-12(2,13)9-15-6-3-10(4-7-15)11-14-5-8-16-11/h5,8,10H,3-4,6-7,9,13H2,1-2H3. The normalized spacial score (nSPS) is 20.2. The van der Waals surface area contributed by atoms with Gasteiger partial charge in [0.2, 0.25) is 0 Å². The van der Waals surface area contributed by atoms with Gasteiger partial charge < -0.3 is 10.6 Å². The molecule has 0 amide bonds. The molecule has 0 unspecified atom stereocenters. The Morgan fingerprint density at radius 3 is 2.69 bits per heavy atom. The molecule has 3 nitrogen and oxygen atoms in total. The highest BCUT2D eigenvalue weighted by molar-refractivity contribution is 7.09. The summed E-state index contributed by atoms with van der Waals surface area (Å²) in [6.45, 7) is 7.51. The average Bonchev–Trinajstić information content (AvgIpc) is 2.69. The van der Waals surface area contributed by atoms with Crippen molar-refractivity contribution in [2.75, 3.05) is 19.6 Å². The van der Waals surface area contributed by atoms with Gasteiger partial charge in [0.15, 0.2) is 0 Å². The Hall–Kier alpha value is -0.450. The first-order valence-corrected chi connectivity index (χ1v) is 6.83. The maximum atomic E-state index is 6.04. The smallest absolute Gasteiger partial charge is 0.0956 e. The van der Waals surface area contributed by atoms with Crippen molar-refractivity contribution < 1.29 is 0 Å². The second-order valence-corrected chi connectivity index (χ2v) is 6.34. The van der Waals surface area contributed by atoms with Crippen LogP contribution >= 0.6 is 11.3 Å². The molecule has 0 radical (unpaired) electrons. The fourth-order valence-electron chi connectivity index (χ4n) is 2.35. The number of aromatic nitrogens is 1. The molecule has 1 fully saturated rings. The van der Waals surface area contributed by atoms with Crippen molar-refractivity contribution in [3.05, 3.63) is 16.6 Å². The molecule has 0 aromatic carbocycles. The number of thiazole rings is 1. The lowest BCUT2D eigenvalue weighted by molar-refractivity contribution is 0.179. The Morgan fingerprint density at radius 2 is 2.19 bits per heavy atom. The lowest BCUT2D eigenvalue weighted by Gasteiger charge is -2.35. The van der Waals surface area contributed by atoms with Crippen LogP contribution in [0, 0.1) is 0 Å². The van der Waals surface area contributed by atoms with Crippen LogP contribution in [0.15, 0.2) is 11.6 Å². The lowest BCUT2D eigenvalue weighted by atomic mass is 9.96. The van der Waals surface area contributed by atoms with Crippen LogP contribution in [-0.2, 0) is 0 Å². The van der Waals surface area contributed by atoms with E-state index in [1.54, 1.807) is 11.3 Å². The predicted molar refractivity (Wildman–Crippen MR) is 68.8 cm³/mol. The van der Waals surface area contributed by atoms with Gasteiger partial charge >= 0.3 is 0 Å². The summed E-state index contributed by atoms with van der Waals surface area (Å²) in [5.41, 5.74) is 5.97. The quantitative estimate of drug-likeness (QED) is 0.878. The van der Waals surface area contributed by atoms with E-state index in [9.17, 15) is 0 Å². The monoisotopic (exact) mass is 239 g/mol. The molecular formula is C12H21N3S. The molecule has 4 heteroatoms. The van der Waals surface area contributed by atoms with Gasteiger partial charge in [0.05, 0.1) is 5.01 Å². The van der Waals surface area contributed by atoms with E-state index in [-0.39, 0.29) is 5.54 Å². The Labute approximate surface area is 102 Å². The van der Waals surface area contributed by atoms with Crippen LogP contribution in [-0.4, -0.2) is 35.1 Å². The third kappa shape index (κ3) is 3.27. The Bertz CT molecular complexity index is 308. The number of likely N-dealkylation sites (tertiary alicyclic amines) is 1. The molecule has 1 aliphatic rings. The van der Waals surface area contributed by atoms with Gasteiger partial charge in [-0.25, -0.2) is 4.98 Å². The second kappa shape index (κ2) is 4.82. The zero-order valence-corrected chi connectivity index (χ0v) is 11.0. The van der Waals surface area contributed by atoms with Crippen LogP contribution in [0.1, 0.15) is 37.6 Å². The topological polar surface area (TPSA) is 42.1 Å². The van der Waals surface area contributed by atoms with E-state index in [4.69, 9.17) is 5.73 Å². The van der Waals surface area contributed by atoms with Crippen molar-refractivity contribution in [1.29, 1.82) is 0 Å². The number of nitrogens with two attached hydrogens (primary N) is 1. The number of nitrogens with zero attached hydrogens (tertiary/aromatic N) is 2. The van der Waals surface area contributed by atoms with Crippen LogP contribution in [0.25, 0.3) is 0 Å². The summed E-state index contributed by atoms with van der Waals surface area (Å²) in [7, 11) is 0. The summed E-state index contributed by atoms with van der Waals surface area (Å²) in [6.07, 6.45) is 4.36. The highest BCUT2D eigenvalue weighted by atomic mass is 32.1. The molecule has 0 spiro atoms. The van der Waals surface area contributed by atoms with E-state index in [0.717, 1.165) is 19.6 Å². The molecule has 16 heavy (non-hydrogen) atoms. The molecule has 1 aromatic rings. The van der Waals surface area contributed by atoms with Crippen molar-refractivity contribution in [3.8, 4) is 0 Å². The summed E-state index contributed by atoms with van der Waals surface area (Å²) < 4.78 is 0. The van der Waals surface area contributed by atoms with Gasteiger partial charge in [-0.05, 0) is 39.8 Å². The zero-order chi connectivity index (χ0) is 11.6. The number of rotatable bonds is 3. The van der Waals surface area contributed by atoms with Gasteiger partial charge in [-0.3, -0.25) is 0 Å². The van der Waals surface area contributed by atoms with Crippen LogP contribution in [0.5, 0.6) is 0 Å². The first kappa shape index (κ1) is 12.0. The molecule has 0 atom stereocenters. The van der Waals surface area contributed by atoms with Gasteiger partial charge in [-0.15, -0.1) is 11.3 Å². The van der Waals surface area contributed by atoms with Crippen LogP contribution < -0.4 is 5.73 Å². The predicted octanol–water partition coefficient (Wildman–Crippen LogP) is 2.06. The molecule has 0 aliphatic carbocycles. The fraction of sp³-hybridized carbons (Fsp3) is 0.750. The largest absolute Gasteiger partial charge is 0.324 e.